The smallest absolute Gasteiger partial charge is 0.368 e. The second-order valence-corrected chi connectivity index (χ2v) is 9.56. The fourth-order valence-electron chi connectivity index (χ4n) is 4.83. The number of hydrogen-bond donors (Lipinski definition) is 1. The van der Waals surface area contributed by atoms with Gasteiger partial charge in [-0.25, -0.2) is 4.98 Å². The lowest BCUT2D eigenvalue weighted by Gasteiger charge is -2.37. The summed E-state index contributed by atoms with van der Waals surface area (Å²) in [6.07, 6.45) is -2.78. The van der Waals surface area contributed by atoms with Crippen LogP contribution in [0, 0.1) is 6.92 Å². The van der Waals surface area contributed by atoms with Crippen LogP contribution in [0.2, 0.25) is 0 Å². The van der Waals surface area contributed by atoms with E-state index in [1.807, 2.05) is 19.1 Å². The average Bonchev–Trinajstić information content (AvgIpc) is 3.30. The number of imidazole rings is 1. The number of fused-ring (bicyclic) bond motifs is 1. The summed E-state index contributed by atoms with van der Waals surface area (Å²) in [5.74, 6) is -0.370. The minimum absolute atomic E-state index is 0.105. The van der Waals surface area contributed by atoms with Gasteiger partial charge < -0.3 is 15.1 Å². The van der Waals surface area contributed by atoms with Gasteiger partial charge in [-0.3, -0.25) is 9.20 Å². The molecule has 1 saturated heterocycles. The van der Waals surface area contributed by atoms with E-state index in [4.69, 9.17) is 0 Å². The Morgan fingerprint density at radius 1 is 0.921 bits per heavy atom. The minimum Gasteiger partial charge on any atom is -0.368 e. The number of pyridine rings is 1. The lowest BCUT2D eigenvalue weighted by atomic mass is 10.1. The molecule has 1 aliphatic heterocycles. The number of piperazine rings is 1. The number of nitrogens with zero attached hydrogens (tertiary/aromatic N) is 4. The van der Waals surface area contributed by atoms with Gasteiger partial charge in [0.15, 0.2) is 0 Å². The number of benzene rings is 2. The van der Waals surface area contributed by atoms with E-state index in [0.717, 1.165) is 49.6 Å². The second-order valence-electron chi connectivity index (χ2n) is 9.56. The van der Waals surface area contributed by atoms with Crippen molar-refractivity contribution in [2.75, 3.05) is 36.0 Å². The van der Waals surface area contributed by atoms with Gasteiger partial charge in [0.1, 0.15) is 11.3 Å². The molecule has 4 aromatic rings. The molecule has 1 N–H and O–H groups in total. The zero-order chi connectivity index (χ0) is 26.9. The van der Waals surface area contributed by atoms with Gasteiger partial charge in [0.2, 0.25) is 0 Å². The molecule has 1 fully saturated rings. The number of halogens is 3. The highest BCUT2D eigenvalue weighted by Gasteiger charge is 2.31. The Labute approximate surface area is 219 Å². The van der Waals surface area contributed by atoms with Crippen LogP contribution in [-0.4, -0.2) is 41.5 Å². The number of nitrogens with one attached hydrogen (secondary N) is 1. The number of carbonyl (C=O) groups excluding carboxylic acids is 1. The second kappa shape index (κ2) is 10.4. The fourth-order valence-corrected chi connectivity index (χ4v) is 4.83. The van der Waals surface area contributed by atoms with Crippen molar-refractivity contribution in [1.29, 1.82) is 0 Å². The highest BCUT2D eigenvalue weighted by Crippen LogP contribution is 2.30. The van der Waals surface area contributed by atoms with Crippen LogP contribution in [-0.2, 0) is 19.1 Å². The molecule has 2 aromatic heterocycles. The Bertz CT molecular complexity index is 1420. The van der Waals surface area contributed by atoms with Gasteiger partial charge in [-0.05, 0) is 55.3 Å². The molecule has 0 aliphatic carbocycles. The van der Waals surface area contributed by atoms with E-state index in [0.29, 0.717) is 18.7 Å². The lowest BCUT2D eigenvalue weighted by Crippen LogP contribution is -2.46. The number of rotatable bonds is 6. The zero-order valence-electron chi connectivity index (χ0n) is 21.4. The number of alkyl halides is 3. The van der Waals surface area contributed by atoms with Gasteiger partial charge in [-0.1, -0.05) is 36.8 Å². The molecule has 6 nitrogen and oxygen atoms in total. The minimum atomic E-state index is -4.47. The van der Waals surface area contributed by atoms with E-state index < -0.39 is 11.7 Å². The molecular formula is C29H30F3N5O. The predicted molar refractivity (Wildman–Crippen MR) is 143 cm³/mol. The summed E-state index contributed by atoms with van der Waals surface area (Å²) in [5, 5.41) is 2.90. The molecule has 5 rings (SSSR count). The van der Waals surface area contributed by atoms with E-state index in [1.54, 1.807) is 0 Å². The standard InChI is InChI=1S/C29H30F3N5O/c1-3-25-27(37-13-12-22(29(30,31)32)18-26(37)34-25)28(38)33-19-21-6-10-24(11-7-21)36-16-14-35(15-17-36)23-8-4-20(2)5-9-23/h4-13,18H,3,14-17,19H2,1-2H3,(H,33,38). The van der Waals surface area contributed by atoms with Crippen LogP contribution >= 0.6 is 0 Å². The van der Waals surface area contributed by atoms with Crippen molar-refractivity contribution in [3.63, 3.8) is 0 Å². The van der Waals surface area contributed by atoms with Crippen molar-refractivity contribution in [1.82, 2.24) is 14.7 Å². The molecule has 2 aromatic carbocycles. The van der Waals surface area contributed by atoms with Crippen molar-refractivity contribution in [2.45, 2.75) is 33.0 Å². The zero-order valence-corrected chi connectivity index (χ0v) is 21.4. The molecule has 1 amide bonds. The van der Waals surface area contributed by atoms with E-state index in [2.05, 4.69) is 63.4 Å². The van der Waals surface area contributed by atoms with Gasteiger partial charge in [-0.15, -0.1) is 0 Å². The largest absolute Gasteiger partial charge is 0.416 e. The molecule has 0 bridgehead atoms. The first-order valence-corrected chi connectivity index (χ1v) is 12.7. The van der Waals surface area contributed by atoms with Crippen molar-refractivity contribution in [3.8, 4) is 0 Å². The van der Waals surface area contributed by atoms with Crippen LogP contribution in [0.1, 0.15) is 39.8 Å². The van der Waals surface area contributed by atoms with E-state index in [9.17, 15) is 18.0 Å². The first-order valence-electron chi connectivity index (χ1n) is 12.7. The molecule has 0 spiro atoms. The number of anilines is 2. The van der Waals surface area contributed by atoms with Crippen LogP contribution in [0.3, 0.4) is 0 Å². The third-order valence-electron chi connectivity index (χ3n) is 7.01. The van der Waals surface area contributed by atoms with Gasteiger partial charge >= 0.3 is 6.18 Å². The summed E-state index contributed by atoms with van der Waals surface area (Å²) in [4.78, 5) is 22.0. The van der Waals surface area contributed by atoms with Crippen molar-refractivity contribution in [3.05, 3.63) is 94.9 Å². The van der Waals surface area contributed by atoms with Crippen molar-refractivity contribution in [2.24, 2.45) is 0 Å². The quantitative estimate of drug-likeness (QED) is 0.365. The van der Waals surface area contributed by atoms with Crippen molar-refractivity contribution < 1.29 is 18.0 Å². The fraction of sp³-hybridized carbons (Fsp3) is 0.310. The Kier molecular flexibility index (Phi) is 7.01. The third-order valence-corrected chi connectivity index (χ3v) is 7.01. The van der Waals surface area contributed by atoms with Crippen LogP contribution in [0.25, 0.3) is 5.65 Å². The molecule has 38 heavy (non-hydrogen) atoms. The number of carbonyl (C=O) groups is 1. The van der Waals surface area contributed by atoms with E-state index in [-0.39, 0.29) is 17.2 Å². The number of aryl methyl sites for hydroxylation is 2. The Morgan fingerprint density at radius 3 is 2.05 bits per heavy atom. The molecule has 0 unspecified atom stereocenters. The third kappa shape index (κ3) is 5.32. The molecule has 0 atom stereocenters. The summed E-state index contributed by atoms with van der Waals surface area (Å²) >= 11 is 0. The molecule has 198 valence electrons. The average molecular weight is 522 g/mol. The summed E-state index contributed by atoms with van der Waals surface area (Å²) in [7, 11) is 0. The number of amides is 1. The maximum absolute atomic E-state index is 13.1. The van der Waals surface area contributed by atoms with Gasteiger partial charge in [0, 0.05) is 50.3 Å². The van der Waals surface area contributed by atoms with Crippen LogP contribution < -0.4 is 15.1 Å². The number of aromatic nitrogens is 2. The van der Waals surface area contributed by atoms with Crippen LogP contribution in [0.4, 0.5) is 24.5 Å². The Hall–Kier alpha value is -4.01. The molecule has 3 heterocycles. The maximum atomic E-state index is 13.1. The van der Waals surface area contributed by atoms with E-state index >= 15 is 0 Å². The number of hydrogen-bond acceptors (Lipinski definition) is 4. The Balaban J connectivity index is 1.21. The monoisotopic (exact) mass is 521 g/mol. The molecule has 0 radical (unpaired) electrons. The summed E-state index contributed by atoms with van der Waals surface area (Å²) in [6, 6.07) is 18.7. The first kappa shape index (κ1) is 25.6. The highest BCUT2D eigenvalue weighted by molar-refractivity contribution is 5.94. The molecule has 0 saturated carbocycles. The van der Waals surface area contributed by atoms with E-state index in [1.165, 1.54) is 21.8 Å². The highest BCUT2D eigenvalue weighted by atomic mass is 19.4. The lowest BCUT2D eigenvalue weighted by molar-refractivity contribution is -0.137. The predicted octanol–water partition coefficient (Wildman–Crippen LogP) is 5.48. The normalized spacial score (nSPS) is 14.2. The first-order chi connectivity index (χ1) is 18.2. The Morgan fingerprint density at radius 2 is 1.50 bits per heavy atom. The summed E-state index contributed by atoms with van der Waals surface area (Å²) < 4.78 is 40.7. The summed E-state index contributed by atoms with van der Waals surface area (Å²) in [6.45, 7) is 7.96. The van der Waals surface area contributed by atoms with Crippen LogP contribution in [0.15, 0.2) is 66.9 Å². The summed E-state index contributed by atoms with van der Waals surface area (Å²) in [5.41, 5.74) is 4.62. The van der Waals surface area contributed by atoms with Gasteiger partial charge in [0.05, 0.1) is 11.3 Å². The van der Waals surface area contributed by atoms with Gasteiger partial charge in [0.25, 0.3) is 5.91 Å². The topological polar surface area (TPSA) is 52.9 Å². The SMILES string of the molecule is CCc1nc2cc(C(F)(F)F)ccn2c1C(=O)NCc1ccc(N2CCN(c3ccc(C)cc3)CC2)cc1. The maximum Gasteiger partial charge on any atom is 0.416 e. The molecule has 1 aliphatic rings. The van der Waals surface area contributed by atoms with Crippen molar-refractivity contribution >= 4 is 22.9 Å². The van der Waals surface area contributed by atoms with Gasteiger partial charge in [-0.2, -0.15) is 13.2 Å². The molecule has 9 heteroatoms. The molecular weight excluding hydrogens is 491 g/mol. The van der Waals surface area contributed by atoms with Crippen LogP contribution in [0.5, 0.6) is 0 Å².